The number of nitrogens with zero attached hydrogens (tertiary/aromatic N) is 8. The van der Waals surface area contributed by atoms with Gasteiger partial charge in [-0.1, -0.05) is 17.7 Å². The number of thiophene rings is 2. The number of pyridine rings is 2. The predicted molar refractivity (Wildman–Crippen MR) is 191 cm³/mol. The van der Waals surface area contributed by atoms with E-state index < -0.39 is 0 Å². The summed E-state index contributed by atoms with van der Waals surface area (Å²) in [7, 11) is 0. The number of anilines is 2. The van der Waals surface area contributed by atoms with Crippen molar-refractivity contribution in [1.82, 2.24) is 39.2 Å². The van der Waals surface area contributed by atoms with Crippen LogP contribution < -0.4 is 5.32 Å². The molecule has 14 heteroatoms. The van der Waals surface area contributed by atoms with E-state index in [-0.39, 0.29) is 11.5 Å². The number of aromatic nitrogens is 8. The zero-order chi connectivity index (χ0) is 32.9. The molecule has 0 saturated heterocycles. The second kappa shape index (κ2) is 11.9. The summed E-state index contributed by atoms with van der Waals surface area (Å²) < 4.78 is 5.12. The van der Waals surface area contributed by atoms with Gasteiger partial charge in [-0.3, -0.25) is 9.97 Å². The molecular weight excluding hydrogens is 666 g/mol. The Balaban J connectivity index is 0.000000148. The molecule has 236 valence electrons. The first-order valence-corrected chi connectivity index (χ1v) is 16.6. The quantitative estimate of drug-likeness (QED) is 0.166. The summed E-state index contributed by atoms with van der Waals surface area (Å²) in [4.78, 5) is 18.7. The number of halogens is 1. The molecule has 9 aromatic rings. The molecule has 0 atom stereocenters. The fraction of sp³-hybridized carbons (Fsp3) is 0.0588. The van der Waals surface area contributed by atoms with Gasteiger partial charge < -0.3 is 15.5 Å². The number of imidazole rings is 2. The van der Waals surface area contributed by atoms with E-state index >= 15 is 0 Å². The molecule has 0 aliphatic heterocycles. The minimum Gasteiger partial charge on any atom is -0.505 e. The third kappa shape index (κ3) is 5.43. The summed E-state index contributed by atoms with van der Waals surface area (Å²) in [5.74, 6) is 1.10. The van der Waals surface area contributed by atoms with Crippen LogP contribution >= 0.6 is 34.3 Å². The van der Waals surface area contributed by atoms with Gasteiger partial charge in [0.2, 0.25) is 0 Å². The van der Waals surface area contributed by atoms with E-state index in [2.05, 4.69) is 56.3 Å². The van der Waals surface area contributed by atoms with Crippen molar-refractivity contribution in [1.29, 1.82) is 0 Å². The van der Waals surface area contributed by atoms with Crippen molar-refractivity contribution < 1.29 is 10.2 Å². The van der Waals surface area contributed by atoms with Crippen molar-refractivity contribution in [3.05, 3.63) is 108 Å². The van der Waals surface area contributed by atoms with Gasteiger partial charge in [0.25, 0.3) is 0 Å². The van der Waals surface area contributed by atoms with E-state index in [1.807, 2.05) is 40.9 Å². The molecule has 3 N–H and O–H groups in total. The molecular formula is C34H24ClN9O2S2. The maximum absolute atomic E-state index is 10.0. The lowest BCUT2D eigenvalue weighted by molar-refractivity contribution is 0.479. The van der Waals surface area contributed by atoms with Crippen LogP contribution in [0.5, 0.6) is 11.5 Å². The van der Waals surface area contributed by atoms with Crippen molar-refractivity contribution in [2.45, 2.75) is 13.8 Å². The lowest BCUT2D eigenvalue weighted by Crippen LogP contribution is -2.00. The molecule has 0 amide bonds. The average molecular weight is 690 g/mol. The van der Waals surface area contributed by atoms with Gasteiger partial charge in [-0.2, -0.15) is 5.10 Å². The molecule has 0 bridgehead atoms. The van der Waals surface area contributed by atoms with Crippen LogP contribution in [0.3, 0.4) is 0 Å². The van der Waals surface area contributed by atoms with Gasteiger partial charge in [0.1, 0.15) is 16.5 Å². The number of nitrogens with one attached hydrogen (secondary N) is 1. The maximum Gasteiger partial charge on any atom is 0.154 e. The number of rotatable bonds is 4. The minimum atomic E-state index is 0.179. The van der Waals surface area contributed by atoms with E-state index in [0.29, 0.717) is 5.15 Å². The van der Waals surface area contributed by atoms with Crippen LogP contribution in [0.15, 0.2) is 91.8 Å². The fourth-order valence-electron chi connectivity index (χ4n) is 5.24. The second-order valence-corrected chi connectivity index (χ2v) is 13.5. The number of benzene rings is 1. The molecule has 1 aromatic carbocycles. The summed E-state index contributed by atoms with van der Waals surface area (Å²) in [6.45, 7) is 4.19. The number of aromatic hydroxyl groups is 2. The van der Waals surface area contributed by atoms with Crippen molar-refractivity contribution in [3.8, 4) is 32.6 Å². The van der Waals surface area contributed by atoms with Crippen LogP contribution in [-0.2, 0) is 0 Å². The largest absolute Gasteiger partial charge is 0.505 e. The number of hydrogen-bond donors (Lipinski definition) is 3. The van der Waals surface area contributed by atoms with E-state index in [1.165, 1.54) is 46.2 Å². The van der Waals surface area contributed by atoms with Gasteiger partial charge in [0.15, 0.2) is 28.6 Å². The molecule has 0 aliphatic rings. The molecule has 0 saturated carbocycles. The van der Waals surface area contributed by atoms with Crippen molar-refractivity contribution >= 4 is 77.2 Å². The summed E-state index contributed by atoms with van der Waals surface area (Å²) >= 11 is 8.90. The van der Waals surface area contributed by atoms with E-state index in [0.717, 1.165) is 64.1 Å². The van der Waals surface area contributed by atoms with Crippen molar-refractivity contribution in [2.75, 3.05) is 5.32 Å². The highest BCUT2D eigenvalue weighted by Gasteiger charge is 2.15. The van der Waals surface area contributed by atoms with Gasteiger partial charge in [-0.05, 0) is 73.5 Å². The number of aryl methyl sites for hydroxylation is 2. The molecule has 48 heavy (non-hydrogen) atoms. The highest BCUT2D eigenvalue weighted by molar-refractivity contribution is 7.23. The van der Waals surface area contributed by atoms with Crippen LogP contribution in [0.1, 0.15) is 11.1 Å². The minimum absolute atomic E-state index is 0.179. The first-order valence-electron chi connectivity index (χ1n) is 14.6. The zero-order valence-corrected chi connectivity index (χ0v) is 27.7. The number of hydrogen-bond acceptors (Lipinski definition) is 11. The molecule has 9 rings (SSSR count). The highest BCUT2D eigenvalue weighted by Crippen LogP contribution is 2.38. The van der Waals surface area contributed by atoms with Gasteiger partial charge in [-0.25, -0.2) is 19.0 Å². The predicted octanol–water partition coefficient (Wildman–Crippen LogP) is 8.44. The Morgan fingerprint density at radius 2 is 1.23 bits per heavy atom. The third-order valence-corrected chi connectivity index (χ3v) is 10.4. The van der Waals surface area contributed by atoms with Crippen molar-refractivity contribution in [3.63, 3.8) is 0 Å². The summed E-state index contributed by atoms with van der Waals surface area (Å²) in [6, 6.07) is 17.6. The van der Waals surface area contributed by atoms with Crippen LogP contribution in [0.25, 0.3) is 52.6 Å². The molecule has 0 fully saturated rings. The first-order chi connectivity index (χ1) is 23.3. The smallest absolute Gasteiger partial charge is 0.154 e. The average Bonchev–Trinajstić information content (AvgIpc) is 3.87. The molecule has 8 heterocycles. The SMILES string of the molecule is Cc1ccc(Nc2ccc3ncc(-c4cc5cncc(O)c5s4)n3n2)cc1C.Oc1cncc2cc(-c3cnc4ccc(Cl)nn34)sc12. The molecule has 11 nitrogen and oxygen atoms in total. The summed E-state index contributed by atoms with van der Waals surface area (Å²) in [6.07, 6.45) is 9.91. The van der Waals surface area contributed by atoms with Crippen LogP contribution in [-0.4, -0.2) is 49.4 Å². The number of fused-ring (bicyclic) bond motifs is 4. The van der Waals surface area contributed by atoms with E-state index in [4.69, 9.17) is 16.7 Å². The monoisotopic (exact) mass is 689 g/mol. The fourth-order valence-corrected chi connectivity index (χ4v) is 7.45. The second-order valence-electron chi connectivity index (χ2n) is 11.0. The third-order valence-electron chi connectivity index (χ3n) is 7.78. The lowest BCUT2D eigenvalue weighted by Gasteiger charge is -2.08. The van der Waals surface area contributed by atoms with E-state index in [1.54, 1.807) is 35.4 Å². The summed E-state index contributed by atoms with van der Waals surface area (Å²) in [5.41, 5.74) is 6.68. The molecule has 8 aromatic heterocycles. The standard InChI is InChI=1S/C21H17N5OS.C13H7ClN4OS/c1-12-3-4-15(7-13(12)2)24-19-5-6-20-23-10-16(26(20)25-19)18-8-14-9-22-11-17(27)21(14)28-18;14-11-1-2-12-16-5-8(18(12)17-11)10-3-7-4-15-6-9(19)13(7)20-10/h3-11,27H,1-2H3,(H,24,25);1-6,19H. The Morgan fingerprint density at radius 1 is 0.646 bits per heavy atom. The van der Waals surface area contributed by atoms with Gasteiger partial charge in [-0.15, -0.1) is 27.8 Å². The normalized spacial score (nSPS) is 11.4. The Hall–Kier alpha value is -5.63. The molecule has 0 radical (unpaired) electrons. The maximum atomic E-state index is 10.0. The Labute approximate surface area is 285 Å². The molecule has 0 aliphatic carbocycles. The van der Waals surface area contributed by atoms with E-state index in [9.17, 15) is 10.2 Å². The Kier molecular flexibility index (Phi) is 7.36. The molecule has 0 spiro atoms. The Bertz CT molecular complexity index is 2640. The highest BCUT2D eigenvalue weighted by atomic mass is 35.5. The first kappa shape index (κ1) is 29.8. The summed E-state index contributed by atoms with van der Waals surface area (Å²) in [5, 5.41) is 34.4. The van der Waals surface area contributed by atoms with Gasteiger partial charge >= 0.3 is 0 Å². The molecule has 0 unspecified atom stereocenters. The lowest BCUT2D eigenvalue weighted by atomic mass is 10.1. The van der Waals surface area contributed by atoms with Crippen molar-refractivity contribution in [2.24, 2.45) is 0 Å². The van der Waals surface area contributed by atoms with Gasteiger partial charge in [0.05, 0.1) is 43.9 Å². The topological polar surface area (TPSA) is 139 Å². The van der Waals surface area contributed by atoms with Crippen LogP contribution in [0.2, 0.25) is 5.15 Å². The van der Waals surface area contributed by atoms with Crippen LogP contribution in [0, 0.1) is 13.8 Å². The Morgan fingerprint density at radius 3 is 1.81 bits per heavy atom. The van der Waals surface area contributed by atoms with Crippen LogP contribution in [0.4, 0.5) is 11.5 Å². The van der Waals surface area contributed by atoms with Gasteiger partial charge in [0, 0.05) is 28.9 Å². The zero-order valence-electron chi connectivity index (χ0n) is 25.3.